The van der Waals surface area contributed by atoms with Crippen LogP contribution in [0.4, 0.5) is 18.4 Å². The fourth-order valence-electron chi connectivity index (χ4n) is 10.2. The highest BCUT2D eigenvalue weighted by Gasteiger charge is 2.56. The number of aromatic nitrogens is 4. The first-order valence-corrected chi connectivity index (χ1v) is 22.4. The normalized spacial score (nSPS) is 21.4. The molecule has 0 spiro atoms. The SMILES string of the molecule is COC(=O)N[C@H](C(=O)N1[C@@H]2C[C@@H]2C[C@H]1c1ncc(-c2ccc3c(c2)COc2cc4c(ccc5[nH]c([C@@H]6C[C@H](COC(F)F)CN6C(=O)[C@H](NC(=O)OC)c6ccccc6)nc54)cc2-3)[nH]1)C(C)C. The summed E-state index contributed by atoms with van der Waals surface area (Å²) in [5.74, 6) is 1.11. The lowest BCUT2D eigenvalue weighted by Crippen LogP contribution is -2.52. The predicted octanol–water partition coefficient (Wildman–Crippen LogP) is 7.93. The largest absolute Gasteiger partial charge is 0.488 e. The smallest absolute Gasteiger partial charge is 0.407 e. The Morgan fingerprint density at radius 1 is 0.866 bits per heavy atom. The Bertz CT molecular complexity index is 2890. The number of hydrogen-bond acceptors (Lipinski definition) is 10. The van der Waals surface area contributed by atoms with E-state index in [2.05, 4.69) is 38.8 Å². The molecule has 0 unspecified atom stereocenters. The highest BCUT2D eigenvalue weighted by Crippen LogP contribution is 2.53. The van der Waals surface area contributed by atoms with Gasteiger partial charge in [-0.25, -0.2) is 19.6 Å². The Morgan fingerprint density at radius 2 is 1.66 bits per heavy atom. The zero-order valence-corrected chi connectivity index (χ0v) is 37.3. The number of alkyl halides is 2. The highest BCUT2D eigenvalue weighted by molar-refractivity contribution is 6.07. The fourth-order valence-corrected chi connectivity index (χ4v) is 10.2. The van der Waals surface area contributed by atoms with Gasteiger partial charge in [-0.05, 0) is 83.0 Å². The molecule has 2 saturated heterocycles. The average Bonchev–Trinajstić information content (AvgIpc) is 3.81. The number of H-pyrrole nitrogens is 2. The van der Waals surface area contributed by atoms with Crippen LogP contribution in [0.25, 0.3) is 44.2 Å². The number of amides is 4. The van der Waals surface area contributed by atoms with E-state index in [4.69, 9.17) is 28.9 Å². The van der Waals surface area contributed by atoms with Crippen LogP contribution in [0.2, 0.25) is 0 Å². The molecule has 18 heteroatoms. The van der Waals surface area contributed by atoms with E-state index < -0.39 is 48.7 Å². The zero-order chi connectivity index (χ0) is 46.7. The first kappa shape index (κ1) is 43.8. The molecule has 3 aliphatic heterocycles. The van der Waals surface area contributed by atoms with Gasteiger partial charge in [0, 0.05) is 29.5 Å². The summed E-state index contributed by atoms with van der Waals surface area (Å²) < 4.78 is 47.2. The topological polar surface area (TPSA) is 193 Å². The summed E-state index contributed by atoms with van der Waals surface area (Å²) >= 11 is 0. The van der Waals surface area contributed by atoms with Crippen molar-refractivity contribution in [3.63, 3.8) is 0 Å². The van der Waals surface area contributed by atoms with Crippen LogP contribution in [-0.4, -0.2) is 99.8 Å². The molecule has 67 heavy (non-hydrogen) atoms. The van der Waals surface area contributed by atoms with Crippen molar-refractivity contribution in [1.82, 2.24) is 40.4 Å². The second kappa shape index (κ2) is 17.6. The van der Waals surface area contributed by atoms with Crippen LogP contribution in [-0.2, 0) is 30.4 Å². The van der Waals surface area contributed by atoms with E-state index in [-0.39, 0.29) is 37.1 Å². The number of halogens is 2. The summed E-state index contributed by atoms with van der Waals surface area (Å²) in [6, 6.07) is 20.3. The van der Waals surface area contributed by atoms with Crippen molar-refractivity contribution in [3.05, 3.63) is 102 Å². The number of alkyl carbamates (subject to hydrolysis) is 2. The van der Waals surface area contributed by atoms with E-state index in [0.29, 0.717) is 52.9 Å². The number of piperidine rings is 1. The van der Waals surface area contributed by atoms with Crippen LogP contribution >= 0.6 is 0 Å². The fraction of sp³-hybridized carbons (Fsp3) is 0.388. The van der Waals surface area contributed by atoms with Gasteiger partial charge in [-0.2, -0.15) is 8.78 Å². The molecule has 16 nitrogen and oxygen atoms in total. The maximum absolute atomic E-state index is 14.4. The van der Waals surface area contributed by atoms with Crippen LogP contribution < -0.4 is 15.4 Å². The van der Waals surface area contributed by atoms with E-state index in [1.165, 1.54) is 14.2 Å². The van der Waals surface area contributed by atoms with Gasteiger partial charge in [0.1, 0.15) is 36.1 Å². The van der Waals surface area contributed by atoms with Gasteiger partial charge >= 0.3 is 18.8 Å². The van der Waals surface area contributed by atoms with Gasteiger partial charge < -0.3 is 49.3 Å². The average molecular weight is 917 g/mol. The van der Waals surface area contributed by atoms with Crippen LogP contribution in [0.1, 0.15) is 74.0 Å². The maximum atomic E-state index is 14.4. The van der Waals surface area contributed by atoms with E-state index in [1.54, 1.807) is 41.4 Å². The van der Waals surface area contributed by atoms with Crippen molar-refractivity contribution in [2.75, 3.05) is 27.4 Å². The Labute approximate surface area is 383 Å². The van der Waals surface area contributed by atoms with Crippen molar-refractivity contribution in [3.8, 4) is 28.1 Å². The molecule has 1 aliphatic carbocycles. The first-order valence-electron chi connectivity index (χ1n) is 22.4. The van der Waals surface area contributed by atoms with Gasteiger partial charge in [-0.3, -0.25) is 9.59 Å². The lowest BCUT2D eigenvalue weighted by molar-refractivity contribution is -0.139. The monoisotopic (exact) mass is 916 g/mol. The van der Waals surface area contributed by atoms with Crippen LogP contribution in [0.3, 0.4) is 0 Å². The van der Waals surface area contributed by atoms with Gasteiger partial charge in [-0.1, -0.05) is 62.4 Å². The van der Waals surface area contributed by atoms with E-state index in [0.717, 1.165) is 51.6 Å². The summed E-state index contributed by atoms with van der Waals surface area (Å²) in [5, 5.41) is 7.11. The van der Waals surface area contributed by atoms with Crippen molar-refractivity contribution >= 4 is 45.8 Å². The minimum absolute atomic E-state index is 0.0989. The summed E-state index contributed by atoms with van der Waals surface area (Å²) in [6.45, 7) is 0.980. The summed E-state index contributed by atoms with van der Waals surface area (Å²) in [4.78, 5) is 73.1. The number of ether oxygens (including phenoxy) is 4. The van der Waals surface area contributed by atoms with Crippen molar-refractivity contribution in [1.29, 1.82) is 0 Å². The molecule has 4 amide bonds. The molecule has 4 aromatic carbocycles. The highest BCUT2D eigenvalue weighted by atomic mass is 19.3. The van der Waals surface area contributed by atoms with E-state index in [9.17, 15) is 28.0 Å². The molecule has 348 valence electrons. The lowest BCUT2D eigenvalue weighted by Gasteiger charge is -2.31. The number of aromatic amines is 2. The number of imidazole rings is 2. The number of hydrogen-bond donors (Lipinski definition) is 4. The second-order valence-electron chi connectivity index (χ2n) is 18.1. The summed E-state index contributed by atoms with van der Waals surface area (Å²) in [7, 11) is 2.50. The molecule has 4 N–H and O–H groups in total. The molecule has 7 atom stereocenters. The molecule has 6 aromatic rings. The van der Waals surface area contributed by atoms with Crippen molar-refractivity contribution in [2.24, 2.45) is 17.8 Å². The Kier molecular flexibility index (Phi) is 11.5. The molecule has 4 aliphatic rings. The van der Waals surface area contributed by atoms with E-state index in [1.807, 2.05) is 43.0 Å². The van der Waals surface area contributed by atoms with Crippen LogP contribution in [0.15, 0.2) is 79.0 Å². The third kappa shape index (κ3) is 8.27. The number of rotatable bonds is 12. The molecular weight excluding hydrogens is 867 g/mol. The number of benzene rings is 4. The van der Waals surface area contributed by atoms with Gasteiger partial charge in [-0.15, -0.1) is 0 Å². The summed E-state index contributed by atoms with van der Waals surface area (Å²) in [6.07, 6.45) is 2.39. The molecule has 2 aromatic heterocycles. The number of carbonyl (C=O) groups excluding carboxylic acids is 4. The van der Waals surface area contributed by atoms with Gasteiger partial charge in [0.05, 0.1) is 55.8 Å². The zero-order valence-electron chi connectivity index (χ0n) is 37.3. The number of methoxy groups -OCH3 is 2. The van der Waals surface area contributed by atoms with E-state index >= 15 is 0 Å². The Balaban J connectivity index is 0.917. The molecular formula is C49H50F2N8O8. The molecule has 10 rings (SSSR count). The third-order valence-electron chi connectivity index (χ3n) is 13.6. The maximum Gasteiger partial charge on any atom is 0.407 e. The minimum atomic E-state index is -2.97. The predicted molar refractivity (Wildman–Crippen MR) is 240 cm³/mol. The molecule has 3 fully saturated rings. The minimum Gasteiger partial charge on any atom is -0.488 e. The van der Waals surface area contributed by atoms with Crippen molar-refractivity contribution in [2.45, 2.75) is 76.5 Å². The molecule has 0 radical (unpaired) electrons. The van der Waals surface area contributed by atoms with Gasteiger partial charge in [0.15, 0.2) is 0 Å². The number of likely N-dealkylation sites (tertiary alicyclic amines) is 2. The molecule has 1 saturated carbocycles. The van der Waals surface area contributed by atoms with Gasteiger partial charge in [0.2, 0.25) is 5.91 Å². The Hall–Kier alpha value is -7.08. The Morgan fingerprint density at radius 3 is 2.42 bits per heavy atom. The second-order valence-corrected chi connectivity index (χ2v) is 18.1. The number of carbonyl (C=O) groups is 4. The van der Waals surface area contributed by atoms with Crippen molar-refractivity contribution < 1.29 is 46.9 Å². The number of nitrogens with zero attached hydrogens (tertiary/aromatic N) is 4. The number of fused-ring (bicyclic) bond motifs is 7. The molecule has 0 bridgehead atoms. The standard InChI is InChI=1S/C49H50F2N8O8/c1-24(2)40(56-48(62)64-3)46(61)59-36-17-29(36)18-38(59)43-52-20-35(54-43)28-10-12-31-30(15-28)23-66-39-19-32-27(16-33(31)39)11-13-34-42(32)55-44(53-34)37-14-25(22-67-47(50)51)21-58(37)45(60)41(57-49(63)65-4)26-8-6-5-7-9-26/h5-13,15-16,19-20,24-25,29,36-38,40-41,47H,14,17-18,21-23H2,1-4H3,(H,52,54)(H,53,55)(H,56,62)(H,57,63)/t25-,29+,36+,37-,38-,40-,41+/m0/s1. The van der Waals surface area contributed by atoms with Crippen LogP contribution in [0, 0.1) is 17.8 Å². The van der Waals surface area contributed by atoms with Crippen LogP contribution in [0.5, 0.6) is 5.75 Å². The first-order chi connectivity index (χ1) is 32.4. The molecule has 5 heterocycles. The summed E-state index contributed by atoms with van der Waals surface area (Å²) in [5.41, 5.74) is 6.56. The van der Waals surface area contributed by atoms with Gasteiger partial charge in [0.25, 0.3) is 5.91 Å². The third-order valence-corrected chi connectivity index (χ3v) is 13.6. The quantitative estimate of drug-likeness (QED) is 0.0937. The lowest BCUT2D eigenvalue weighted by atomic mass is 9.92. The number of nitrogens with one attached hydrogen (secondary N) is 4.